The van der Waals surface area contributed by atoms with Crippen LogP contribution in [0.5, 0.6) is 0 Å². The Morgan fingerprint density at radius 3 is 2.65 bits per heavy atom. The van der Waals surface area contributed by atoms with Gasteiger partial charge < -0.3 is 10.2 Å². The fraction of sp³-hybridized carbons (Fsp3) is 0.643. The summed E-state index contributed by atoms with van der Waals surface area (Å²) < 4.78 is 0. The third-order valence-corrected chi connectivity index (χ3v) is 3.04. The van der Waals surface area contributed by atoms with Crippen molar-refractivity contribution in [3.63, 3.8) is 0 Å². The first-order valence-electron chi connectivity index (χ1n) is 6.37. The standard InChI is InChI=1S/C14H25N3/c1-11(2)9-12(3)17(5)14-13(10-15-4)7-6-8-16-14/h6-8,11-12,15H,9-10H2,1-5H3. The highest BCUT2D eigenvalue weighted by atomic mass is 15.2. The van der Waals surface area contributed by atoms with Crippen molar-refractivity contribution in [3.05, 3.63) is 23.9 Å². The largest absolute Gasteiger partial charge is 0.357 e. The molecule has 0 spiro atoms. The van der Waals surface area contributed by atoms with Crippen molar-refractivity contribution in [3.8, 4) is 0 Å². The maximum atomic E-state index is 4.51. The molecule has 0 bridgehead atoms. The van der Waals surface area contributed by atoms with Crippen molar-refractivity contribution >= 4 is 5.82 Å². The minimum atomic E-state index is 0.514. The van der Waals surface area contributed by atoms with Crippen LogP contribution in [0, 0.1) is 5.92 Å². The van der Waals surface area contributed by atoms with Crippen molar-refractivity contribution in [2.75, 3.05) is 19.0 Å². The van der Waals surface area contributed by atoms with Crippen LogP contribution >= 0.6 is 0 Å². The molecule has 17 heavy (non-hydrogen) atoms. The predicted molar refractivity (Wildman–Crippen MR) is 74.3 cm³/mol. The third kappa shape index (κ3) is 4.00. The highest BCUT2D eigenvalue weighted by molar-refractivity contribution is 5.46. The second-order valence-corrected chi connectivity index (χ2v) is 5.11. The van der Waals surface area contributed by atoms with Crippen molar-refractivity contribution in [2.45, 2.75) is 39.8 Å². The molecule has 0 saturated carbocycles. The molecule has 1 unspecified atom stereocenters. The summed E-state index contributed by atoms with van der Waals surface area (Å²) >= 11 is 0. The number of rotatable bonds is 6. The number of anilines is 1. The Balaban J connectivity index is 2.83. The van der Waals surface area contributed by atoms with E-state index < -0.39 is 0 Å². The van der Waals surface area contributed by atoms with Crippen LogP contribution in [0.15, 0.2) is 18.3 Å². The van der Waals surface area contributed by atoms with Gasteiger partial charge in [0.25, 0.3) is 0 Å². The molecular weight excluding hydrogens is 210 g/mol. The van der Waals surface area contributed by atoms with Gasteiger partial charge in [-0.25, -0.2) is 4.98 Å². The second-order valence-electron chi connectivity index (χ2n) is 5.11. The summed E-state index contributed by atoms with van der Waals surface area (Å²) in [4.78, 5) is 6.80. The summed E-state index contributed by atoms with van der Waals surface area (Å²) in [5, 5.41) is 3.19. The van der Waals surface area contributed by atoms with Gasteiger partial charge in [0.2, 0.25) is 0 Å². The molecule has 0 aromatic carbocycles. The molecule has 0 amide bonds. The first kappa shape index (κ1) is 14.0. The molecule has 0 saturated heterocycles. The van der Waals surface area contributed by atoms with E-state index in [1.54, 1.807) is 0 Å². The van der Waals surface area contributed by atoms with Crippen molar-refractivity contribution in [1.82, 2.24) is 10.3 Å². The van der Waals surface area contributed by atoms with Crippen LogP contribution in [0.3, 0.4) is 0 Å². The van der Waals surface area contributed by atoms with Gasteiger partial charge in [-0.1, -0.05) is 19.9 Å². The molecule has 0 aliphatic carbocycles. The molecule has 1 aromatic rings. The molecule has 1 rings (SSSR count). The molecule has 0 fully saturated rings. The fourth-order valence-electron chi connectivity index (χ4n) is 2.13. The van der Waals surface area contributed by atoms with E-state index in [9.17, 15) is 0 Å². The lowest BCUT2D eigenvalue weighted by Crippen LogP contribution is -2.32. The van der Waals surface area contributed by atoms with Crippen molar-refractivity contribution < 1.29 is 0 Å². The highest BCUT2D eigenvalue weighted by Gasteiger charge is 2.15. The molecular formula is C14H25N3. The maximum Gasteiger partial charge on any atom is 0.132 e. The van der Waals surface area contributed by atoms with Crippen LogP contribution < -0.4 is 10.2 Å². The fourth-order valence-corrected chi connectivity index (χ4v) is 2.13. The van der Waals surface area contributed by atoms with Crippen LogP contribution in [0.2, 0.25) is 0 Å². The summed E-state index contributed by atoms with van der Waals surface area (Å²) in [7, 11) is 4.10. The number of nitrogens with one attached hydrogen (secondary N) is 1. The average molecular weight is 235 g/mol. The normalized spacial score (nSPS) is 12.8. The highest BCUT2D eigenvalue weighted by Crippen LogP contribution is 2.20. The molecule has 3 nitrogen and oxygen atoms in total. The number of hydrogen-bond acceptors (Lipinski definition) is 3. The smallest absolute Gasteiger partial charge is 0.132 e. The van der Waals surface area contributed by atoms with E-state index in [4.69, 9.17) is 0 Å². The van der Waals surface area contributed by atoms with E-state index in [-0.39, 0.29) is 0 Å². The topological polar surface area (TPSA) is 28.2 Å². The van der Waals surface area contributed by atoms with E-state index in [0.29, 0.717) is 12.0 Å². The van der Waals surface area contributed by atoms with Gasteiger partial charge in [-0.2, -0.15) is 0 Å². The Labute approximate surface area is 105 Å². The molecule has 1 aromatic heterocycles. The molecule has 0 aliphatic rings. The summed E-state index contributed by atoms with van der Waals surface area (Å²) in [6.07, 6.45) is 3.05. The average Bonchev–Trinajstić information content (AvgIpc) is 2.28. The predicted octanol–water partition coefficient (Wildman–Crippen LogP) is 2.67. The summed E-state index contributed by atoms with van der Waals surface area (Å²) in [5.74, 6) is 1.80. The lowest BCUT2D eigenvalue weighted by molar-refractivity contribution is 0.501. The van der Waals surface area contributed by atoms with E-state index in [1.807, 2.05) is 19.3 Å². The van der Waals surface area contributed by atoms with Gasteiger partial charge in [0.05, 0.1) is 0 Å². The number of hydrogen-bond donors (Lipinski definition) is 1. The van der Waals surface area contributed by atoms with Crippen LogP contribution in [0.1, 0.15) is 32.8 Å². The lowest BCUT2D eigenvalue weighted by atomic mass is 10.0. The van der Waals surface area contributed by atoms with Crippen molar-refractivity contribution in [1.29, 1.82) is 0 Å². The maximum absolute atomic E-state index is 4.51. The Morgan fingerprint density at radius 1 is 1.35 bits per heavy atom. The molecule has 0 aliphatic heterocycles. The van der Waals surface area contributed by atoms with Crippen LogP contribution in [-0.2, 0) is 6.54 Å². The molecule has 1 heterocycles. The zero-order chi connectivity index (χ0) is 12.8. The number of aromatic nitrogens is 1. The van der Waals surface area contributed by atoms with Crippen molar-refractivity contribution in [2.24, 2.45) is 5.92 Å². The molecule has 0 radical (unpaired) electrons. The third-order valence-electron chi connectivity index (χ3n) is 3.04. The SMILES string of the molecule is CNCc1cccnc1N(C)C(C)CC(C)C. The first-order valence-corrected chi connectivity index (χ1v) is 6.37. The molecule has 1 N–H and O–H groups in total. The summed E-state index contributed by atoms with van der Waals surface area (Å²) in [6.45, 7) is 7.65. The first-order chi connectivity index (χ1) is 8.06. The number of pyridine rings is 1. The van der Waals surface area contributed by atoms with Gasteiger partial charge in [0.15, 0.2) is 0 Å². The molecule has 96 valence electrons. The Hall–Kier alpha value is -1.09. The summed E-state index contributed by atoms with van der Waals surface area (Å²) in [6, 6.07) is 4.65. The second kappa shape index (κ2) is 6.60. The van der Waals surface area contributed by atoms with Crippen LogP contribution in [-0.4, -0.2) is 25.1 Å². The minimum Gasteiger partial charge on any atom is -0.357 e. The van der Waals surface area contributed by atoms with E-state index >= 15 is 0 Å². The zero-order valence-corrected chi connectivity index (χ0v) is 11.7. The van der Waals surface area contributed by atoms with Gasteiger partial charge in [-0.15, -0.1) is 0 Å². The van der Waals surface area contributed by atoms with Gasteiger partial charge >= 0.3 is 0 Å². The van der Waals surface area contributed by atoms with E-state index in [0.717, 1.165) is 12.4 Å². The lowest BCUT2D eigenvalue weighted by Gasteiger charge is -2.29. The Kier molecular flexibility index (Phi) is 5.42. The van der Waals surface area contributed by atoms with Gasteiger partial charge in [0, 0.05) is 31.4 Å². The zero-order valence-electron chi connectivity index (χ0n) is 11.7. The van der Waals surface area contributed by atoms with E-state index in [2.05, 4.69) is 49.1 Å². The van der Waals surface area contributed by atoms with E-state index in [1.165, 1.54) is 12.0 Å². The summed E-state index contributed by atoms with van der Waals surface area (Å²) in [5.41, 5.74) is 1.26. The molecule has 1 atom stereocenters. The van der Waals surface area contributed by atoms with Gasteiger partial charge in [-0.05, 0) is 32.4 Å². The quantitative estimate of drug-likeness (QED) is 0.821. The molecule has 3 heteroatoms. The number of nitrogens with zero attached hydrogens (tertiary/aromatic N) is 2. The monoisotopic (exact) mass is 235 g/mol. The van der Waals surface area contributed by atoms with Gasteiger partial charge in [0.1, 0.15) is 5.82 Å². The minimum absolute atomic E-state index is 0.514. The van der Waals surface area contributed by atoms with Crippen LogP contribution in [0.4, 0.5) is 5.82 Å². The van der Waals surface area contributed by atoms with Crippen LogP contribution in [0.25, 0.3) is 0 Å². The Morgan fingerprint density at radius 2 is 2.06 bits per heavy atom. The van der Waals surface area contributed by atoms with Gasteiger partial charge in [-0.3, -0.25) is 0 Å². The Bertz CT molecular complexity index is 336.